The zero-order valence-corrected chi connectivity index (χ0v) is 10.3. The summed E-state index contributed by atoms with van der Waals surface area (Å²) in [4.78, 5) is 0. The minimum absolute atomic E-state index is 0.113. The van der Waals surface area contributed by atoms with Crippen LogP contribution in [-0.4, -0.2) is 31.0 Å². The summed E-state index contributed by atoms with van der Waals surface area (Å²) in [7, 11) is 0. The molecule has 1 fully saturated rings. The van der Waals surface area contributed by atoms with Gasteiger partial charge in [-0.25, -0.2) is 13.2 Å². The zero-order valence-electron chi connectivity index (χ0n) is 10.3. The van der Waals surface area contributed by atoms with Crippen molar-refractivity contribution in [1.29, 1.82) is 0 Å². The molecule has 1 unspecified atom stereocenters. The molecule has 1 aromatic rings. The SMILES string of the molecule is OCC(NC1CCOCC1)c1cc(F)c(F)c(F)c1. The maximum absolute atomic E-state index is 13.2. The summed E-state index contributed by atoms with van der Waals surface area (Å²) in [5, 5.41) is 12.4. The smallest absolute Gasteiger partial charge is 0.194 e. The quantitative estimate of drug-likeness (QED) is 0.825. The predicted octanol–water partition coefficient (Wildman–Crippen LogP) is 1.91. The van der Waals surface area contributed by atoms with Crippen LogP contribution in [0.4, 0.5) is 13.2 Å². The molecule has 0 spiro atoms. The molecule has 2 rings (SSSR count). The molecule has 1 saturated heterocycles. The summed E-state index contributed by atoms with van der Waals surface area (Å²) in [6.07, 6.45) is 1.53. The van der Waals surface area contributed by atoms with Crippen molar-refractivity contribution in [3.63, 3.8) is 0 Å². The first kappa shape index (κ1) is 14.3. The first-order chi connectivity index (χ1) is 9.11. The van der Waals surface area contributed by atoms with Crippen molar-refractivity contribution >= 4 is 0 Å². The minimum Gasteiger partial charge on any atom is -0.394 e. The number of aliphatic hydroxyl groups excluding tert-OH is 1. The van der Waals surface area contributed by atoms with Gasteiger partial charge in [0.15, 0.2) is 17.5 Å². The Bertz CT molecular complexity index is 413. The van der Waals surface area contributed by atoms with Crippen molar-refractivity contribution in [2.75, 3.05) is 19.8 Å². The highest BCUT2D eigenvalue weighted by atomic mass is 19.2. The third-order valence-corrected chi connectivity index (χ3v) is 3.25. The van der Waals surface area contributed by atoms with Crippen LogP contribution >= 0.6 is 0 Å². The average molecular weight is 275 g/mol. The van der Waals surface area contributed by atoms with Crippen LogP contribution in [0.2, 0.25) is 0 Å². The van der Waals surface area contributed by atoms with Gasteiger partial charge < -0.3 is 15.2 Å². The number of halogens is 3. The summed E-state index contributed by atoms with van der Waals surface area (Å²) >= 11 is 0. The first-order valence-electron chi connectivity index (χ1n) is 6.21. The standard InChI is InChI=1S/C13H16F3NO2/c14-10-5-8(6-11(15)13(10)16)12(7-18)17-9-1-3-19-4-2-9/h5-6,9,12,17-18H,1-4,7H2. The molecule has 0 radical (unpaired) electrons. The van der Waals surface area contributed by atoms with Gasteiger partial charge in [0.25, 0.3) is 0 Å². The van der Waals surface area contributed by atoms with Crippen LogP contribution in [0.1, 0.15) is 24.4 Å². The van der Waals surface area contributed by atoms with Crippen molar-refractivity contribution in [1.82, 2.24) is 5.32 Å². The van der Waals surface area contributed by atoms with E-state index in [-0.39, 0.29) is 18.2 Å². The Morgan fingerprint density at radius 3 is 2.32 bits per heavy atom. The minimum atomic E-state index is -1.49. The van der Waals surface area contributed by atoms with Gasteiger partial charge in [0.2, 0.25) is 0 Å². The van der Waals surface area contributed by atoms with E-state index in [9.17, 15) is 18.3 Å². The lowest BCUT2D eigenvalue weighted by Gasteiger charge is -2.28. The van der Waals surface area contributed by atoms with Gasteiger partial charge >= 0.3 is 0 Å². The Morgan fingerprint density at radius 2 is 1.79 bits per heavy atom. The third kappa shape index (κ3) is 3.46. The molecule has 2 N–H and O–H groups in total. The normalized spacial score (nSPS) is 18.5. The average Bonchev–Trinajstić information content (AvgIpc) is 2.42. The van der Waals surface area contributed by atoms with Gasteiger partial charge in [-0.1, -0.05) is 0 Å². The van der Waals surface area contributed by atoms with E-state index < -0.39 is 23.5 Å². The van der Waals surface area contributed by atoms with Crippen molar-refractivity contribution in [3.8, 4) is 0 Å². The molecule has 19 heavy (non-hydrogen) atoms. The largest absolute Gasteiger partial charge is 0.394 e. The molecule has 0 aromatic heterocycles. The lowest BCUT2D eigenvalue weighted by atomic mass is 10.0. The Balaban J connectivity index is 2.12. The second-order valence-electron chi connectivity index (χ2n) is 4.59. The molecular formula is C13H16F3NO2. The lowest BCUT2D eigenvalue weighted by Crippen LogP contribution is -2.38. The summed E-state index contributed by atoms with van der Waals surface area (Å²) in [6.45, 7) is 0.909. The molecule has 6 heteroatoms. The summed E-state index contributed by atoms with van der Waals surface area (Å²) < 4.78 is 44.4. The van der Waals surface area contributed by atoms with Gasteiger partial charge in [-0.3, -0.25) is 0 Å². The van der Waals surface area contributed by atoms with Crippen LogP contribution in [0, 0.1) is 17.5 Å². The summed E-state index contributed by atoms with van der Waals surface area (Å²) in [5.41, 5.74) is 0.199. The highest BCUT2D eigenvalue weighted by Crippen LogP contribution is 2.21. The second kappa shape index (κ2) is 6.36. The van der Waals surface area contributed by atoms with Crippen molar-refractivity contribution < 1.29 is 23.0 Å². The molecule has 0 saturated carbocycles. The monoisotopic (exact) mass is 275 g/mol. The van der Waals surface area contributed by atoms with E-state index in [4.69, 9.17) is 4.74 Å². The van der Waals surface area contributed by atoms with Crippen LogP contribution in [-0.2, 0) is 4.74 Å². The van der Waals surface area contributed by atoms with E-state index in [0.717, 1.165) is 25.0 Å². The Labute approximate surface area is 109 Å². The van der Waals surface area contributed by atoms with Crippen molar-refractivity contribution in [2.45, 2.75) is 24.9 Å². The van der Waals surface area contributed by atoms with Crippen molar-refractivity contribution in [3.05, 3.63) is 35.1 Å². The van der Waals surface area contributed by atoms with E-state index >= 15 is 0 Å². The Kier molecular flexibility index (Phi) is 4.79. The molecule has 1 aromatic carbocycles. The fraction of sp³-hybridized carbons (Fsp3) is 0.538. The topological polar surface area (TPSA) is 41.5 Å². The van der Waals surface area contributed by atoms with Crippen LogP contribution < -0.4 is 5.32 Å². The Hall–Kier alpha value is -1.11. The van der Waals surface area contributed by atoms with E-state index in [2.05, 4.69) is 5.32 Å². The maximum Gasteiger partial charge on any atom is 0.194 e. The maximum atomic E-state index is 13.2. The number of aliphatic hydroxyl groups is 1. The molecule has 0 amide bonds. The Morgan fingerprint density at radius 1 is 1.21 bits per heavy atom. The van der Waals surface area contributed by atoms with Crippen LogP contribution in [0.25, 0.3) is 0 Å². The summed E-state index contributed by atoms with van der Waals surface area (Å²) in [6, 6.07) is 1.31. The number of rotatable bonds is 4. The van der Waals surface area contributed by atoms with E-state index in [1.54, 1.807) is 0 Å². The fourth-order valence-electron chi connectivity index (χ4n) is 2.18. The van der Waals surface area contributed by atoms with Gasteiger partial charge in [-0.2, -0.15) is 0 Å². The fourth-order valence-corrected chi connectivity index (χ4v) is 2.18. The summed E-state index contributed by atoms with van der Waals surface area (Å²) in [5.74, 6) is -3.99. The van der Waals surface area contributed by atoms with Crippen LogP contribution in [0.5, 0.6) is 0 Å². The molecule has 1 atom stereocenters. The van der Waals surface area contributed by atoms with Gasteiger partial charge in [0, 0.05) is 19.3 Å². The van der Waals surface area contributed by atoms with Crippen molar-refractivity contribution in [2.24, 2.45) is 0 Å². The zero-order chi connectivity index (χ0) is 13.8. The van der Waals surface area contributed by atoms with E-state index in [1.807, 2.05) is 0 Å². The molecule has 1 aliphatic heterocycles. The first-order valence-corrected chi connectivity index (χ1v) is 6.21. The highest BCUT2D eigenvalue weighted by molar-refractivity contribution is 5.23. The third-order valence-electron chi connectivity index (χ3n) is 3.25. The molecule has 0 bridgehead atoms. The molecule has 106 valence electrons. The number of benzene rings is 1. The van der Waals surface area contributed by atoms with Gasteiger partial charge in [0.05, 0.1) is 12.6 Å². The van der Waals surface area contributed by atoms with Crippen LogP contribution in [0.15, 0.2) is 12.1 Å². The number of hydrogen-bond donors (Lipinski definition) is 2. The molecule has 0 aliphatic carbocycles. The lowest BCUT2D eigenvalue weighted by molar-refractivity contribution is 0.0714. The molecule has 3 nitrogen and oxygen atoms in total. The van der Waals surface area contributed by atoms with Gasteiger partial charge in [-0.15, -0.1) is 0 Å². The van der Waals surface area contributed by atoms with E-state index in [0.29, 0.717) is 13.2 Å². The van der Waals surface area contributed by atoms with E-state index in [1.165, 1.54) is 0 Å². The van der Waals surface area contributed by atoms with Gasteiger partial charge in [-0.05, 0) is 30.5 Å². The number of hydrogen-bond acceptors (Lipinski definition) is 3. The number of nitrogens with one attached hydrogen (secondary N) is 1. The highest BCUT2D eigenvalue weighted by Gasteiger charge is 2.21. The van der Waals surface area contributed by atoms with Crippen LogP contribution in [0.3, 0.4) is 0 Å². The molecular weight excluding hydrogens is 259 g/mol. The molecule has 1 heterocycles. The molecule has 1 aliphatic rings. The second-order valence-corrected chi connectivity index (χ2v) is 4.59. The van der Waals surface area contributed by atoms with Gasteiger partial charge in [0.1, 0.15) is 0 Å². The number of ether oxygens (including phenoxy) is 1. The predicted molar refractivity (Wildman–Crippen MR) is 63.1 cm³/mol.